The van der Waals surface area contributed by atoms with Crippen molar-refractivity contribution in [1.82, 2.24) is 24.2 Å². The van der Waals surface area contributed by atoms with Crippen molar-refractivity contribution < 1.29 is 37.5 Å². The van der Waals surface area contributed by atoms with Crippen LogP contribution in [0.4, 0.5) is 5.82 Å². The van der Waals surface area contributed by atoms with Gasteiger partial charge in [-0.15, -0.1) is 0 Å². The SMILES string of the molecule is Nc1ncnc2c1ncn2C1OC(COS(=O)(=O)NC(=O)c2ccc(Br)cc2O)[C@@H](O)[C@H]1O. The smallest absolute Gasteiger partial charge is 0.362 e. The van der Waals surface area contributed by atoms with Crippen LogP contribution in [0.1, 0.15) is 16.6 Å². The number of carbonyl (C=O) groups is 1. The highest BCUT2D eigenvalue weighted by molar-refractivity contribution is 9.10. The van der Waals surface area contributed by atoms with Crippen LogP contribution in [0.3, 0.4) is 0 Å². The molecule has 0 bridgehead atoms. The van der Waals surface area contributed by atoms with Crippen LogP contribution in [0.2, 0.25) is 0 Å². The second kappa shape index (κ2) is 8.81. The number of nitrogens with one attached hydrogen (secondary N) is 1. The molecule has 1 aliphatic heterocycles. The minimum atomic E-state index is -4.65. The number of aromatic nitrogens is 4. The Morgan fingerprint density at radius 3 is 2.76 bits per heavy atom. The van der Waals surface area contributed by atoms with E-state index < -0.39 is 53.1 Å². The lowest BCUT2D eigenvalue weighted by atomic mass is 10.1. The van der Waals surface area contributed by atoms with Crippen LogP contribution in [-0.2, 0) is 19.2 Å². The number of nitrogens with two attached hydrogens (primary N) is 1. The molecule has 33 heavy (non-hydrogen) atoms. The number of fused-ring (bicyclic) bond motifs is 1. The summed E-state index contributed by atoms with van der Waals surface area (Å²) in [5, 5.41) is 30.5. The van der Waals surface area contributed by atoms with Crippen LogP contribution in [0.5, 0.6) is 5.75 Å². The molecule has 2 aromatic heterocycles. The highest BCUT2D eigenvalue weighted by Crippen LogP contribution is 2.32. The fourth-order valence-electron chi connectivity index (χ4n) is 3.20. The van der Waals surface area contributed by atoms with Gasteiger partial charge in [-0.25, -0.2) is 19.7 Å². The van der Waals surface area contributed by atoms with Gasteiger partial charge < -0.3 is 25.8 Å². The van der Waals surface area contributed by atoms with Gasteiger partial charge in [-0.1, -0.05) is 15.9 Å². The second-order valence-electron chi connectivity index (χ2n) is 6.96. The van der Waals surface area contributed by atoms with Gasteiger partial charge >= 0.3 is 10.3 Å². The number of aliphatic hydroxyl groups excluding tert-OH is 2. The highest BCUT2D eigenvalue weighted by atomic mass is 79.9. The Morgan fingerprint density at radius 2 is 2.03 bits per heavy atom. The van der Waals surface area contributed by atoms with Gasteiger partial charge in [0.05, 0.1) is 18.5 Å². The van der Waals surface area contributed by atoms with Crippen LogP contribution in [-0.4, -0.2) is 74.1 Å². The molecule has 0 radical (unpaired) electrons. The summed E-state index contributed by atoms with van der Waals surface area (Å²) in [6.07, 6.45) is -3.01. The number of carbonyl (C=O) groups excluding carboxylic acids is 1. The Labute approximate surface area is 194 Å². The van der Waals surface area contributed by atoms with E-state index in [0.717, 1.165) is 0 Å². The van der Waals surface area contributed by atoms with E-state index in [-0.39, 0.29) is 22.5 Å². The van der Waals surface area contributed by atoms with Crippen molar-refractivity contribution in [1.29, 1.82) is 0 Å². The zero-order chi connectivity index (χ0) is 23.9. The molecule has 0 spiro atoms. The quantitative estimate of drug-likeness (QED) is 0.257. The molecular formula is C17H17BrN6O8S. The number of aliphatic hydroxyl groups is 2. The van der Waals surface area contributed by atoms with Crippen molar-refractivity contribution in [3.63, 3.8) is 0 Å². The normalized spacial score (nSPS) is 23.1. The first kappa shape index (κ1) is 23.3. The van der Waals surface area contributed by atoms with Gasteiger partial charge in [0.15, 0.2) is 17.7 Å². The summed E-state index contributed by atoms with van der Waals surface area (Å²) in [5.41, 5.74) is 5.92. The maximum Gasteiger partial charge on any atom is 0.362 e. The summed E-state index contributed by atoms with van der Waals surface area (Å²) in [4.78, 5) is 24.1. The van der Waals surface area contributed by atoms with E-state index in [1.807, 2.05) is 0 Å². The van der Waals surface area contributed by atoms with Gasteiger partial charge in [0.2, 0.25) is 0 Å². The van der Waals surface area contributed by atoms with Crippen LogP contribution in [0.25, 0.3) is 11.2 Å². The molecule has 4 atom stereocenters. The number of anilines is 1. The van der Waals surface area contributed by atoms with Gasteiger partial charge in [0.25, 0.3) is 5.91 Å². The van der Waals surface area contributed by atoms with Crippen molar-refractivity contribution in [2.45, 2.75) is 24.5 Å². The number of imidazole rings is 1. The first-order valence-corrected chi connectivity index (χ1v) is 11.4. The summed E-state index contributed by atoms with van der Waals surface area (Å²) in [6, 6.07) is 3.86. The van der Waals surface area contributed by atoms with Crippen LogP contribution in [0, 0.1) is 0 Å². The largest absolute Gasteiger partial charge is 0.507 e. The van der Waals surface area contributed by atoms with E-state index in [9.17, 15) is 28.5 Å². The number of phenols is 1. The third-order valence-corrected chi connectivity index (χ3v) is 6.18. The molecule has 0 saturated carbocycles. The Balaban J connectivity index is 1.43. The Kier molecular flexibility index (Phi) is 6.21. The first-order chi connectivity index (χ1) is 15.6. The van der Waals surface area contributed by atoms with Crippen molar-refractivity contribution in [3.05, 3.63) is 40.9 Å². The molecule has 1 fully saturated rings. The van der Waals surface area contributed by atoms with E-state index in [0.29, 0.717) is 4.47 Å². The maximum absolute atomic E-state index is 12.2. The van der Waals surface area contributed by atoms with E-state index in [1.165, 1.54) is 35.4 Å². The minimum Gasteiger partial charge on any atom is -0.507 e. The Morgan fingerprint density at radius 1 is 1.27 bits per heavy atom. The number of aromatic hydroxyl groups is 1. The fourth-order valence-corrected chi connectivity index (χ4v) is 4.26. The predicted molar refractivity (Wildman–Crippen MR) is 114 cm³/mol. The first-order valence-electron chi connectivity index (χ1n) is 9.22. The average molecular weight is 545 g/mol. The predicted octanol–water partition coefficient (Wildman–Crippen LogP) is -0.813. The third kappa shape index (κ3) is 4.61. The zero-order valence-corrected chi connectivity index (χ0v) is 18.8. The van der Waals surface area contributed by atoms with Gasteiger partial charge in [-0.3, -0.25) is 13.5 Å². The van der Waals surface area contributed by atoms with Crippen molar-refractivity contribution in [3.8, 4) is 5.75 Å². The molecule has 4 rings (SSSR count). The molecular weight excluding hydrogens is 528 g/mol. The standard InChI is InChI=1S/C17H17BrN6O8S/c18-7-1-2-8(9(25)3-7)16(28)23-33(29,30)31-4-10-12(26)13(27)17(32-10)24-6-22-11-14(19)20-5-21-15(11)24/h1-3,5-6,10,12-13,17,25-27H,4H2,(H,23,28)(H2,19,20,21)/t10?,12-,13-,17?/m1/s1. The average Bonchev–Trinajstić information content (AvgIpc) is 3.29. The number of nitrogen functional groups attached to an aromatic ring is 1. The van der Waals surface area contributed by atoms with Gasteiger partial charge in [-0.2, -0.15) is 8.42 Å². The second-order valence-corrected chi connectivity index (χ2v) is 9.22. The van der Waals surface area contributed by atoms with Crippen molar-refractivity contribution >= 4 is 49.1 Å². The highest BCUT2D eigenvalue weighted by Gasteiger charge is 2.45. The minimum absolute atomic E-state index is 0.102. The number of ether oxygens (including phenoxy) is 1. The summed E-state index contributed by atoms with van der Waals surface area (Å²) in [5.74, 6) is -1.48. The molecule has 0 aliphatic carbocycles. The number of amides is 1. The van der Waals surface area contributed by atoms with E-state index in [2.05, 4.69) is 30.9 Å². The number of phenolic OH excluding ortho intramolecular Hbond substituents is 1. The summed E-state index contributed by atoms with van der Waals surface area (Å²) in [7, 11) is -4.65. The van der Waals surface area contributed by atoms with Gasteiger partial charge in [-0.05, 0) is 18.2 Å². The van der Waals surface area contributed by atoms with Crippen LogP contribution < -0.4 is 10.5 Å². The Hall–Kier alpha value is -2.89. The summed E-state index contributed by atoms with van der Waals surface area (Å²) in [6.45, 7) is -0.729. The fraction of sp³-hybridized carbons (Fsp3) is 0.294. The lowest BCUT2D eigenvalue weighted by Crippen LogP contribution is -2.37. The number of benzene rings is 1. The number of nitrogens with zero attached hydrogens (tertiary/aromatic N) is 4. The molecule has 176 valence electrons. The van der Waals surface area contributed by atoms with Crippen LogP contribution >= 0.6 is 15.9 Å². The molecule has 1 aromatic carbocycles. The lowest BCUT2D eigenvalue weighted by molar-refractivity contribution is -0.0468. The number of hydrogen-bond donors (Lipinski definition) is 5. The maximum atomic E-state index is 12.2. The van der Waals surface area contributed by atoms with E-state index >= 15 is 0 Å². The molecule has 1 saturated heterocycles. The zero-order valence-electron chi connectivity index (χ0n) is 16.4. The van der Waals surface area contributed by atoms with Gasteiger partial charge in [0, 0.05) is 4.47 Å². The lowest BCUT2D eigenvalue weighted by Gasteiger charge is -2.16. The number of rotatable bonds is 6. The third-order valence-electron chi connectivity index (χ3n) is 4.81. The monoisotopic (exact) mass is 544 g/mol. The van der Waals surface area contributed by atoms with Crippen LogP contribution in [0.15, 0.2) is 35.3 Å². The molecule has 2 unspecified atom stereocenters. The number of halogens is 1. The van der Waals surface area contributed by atoms with Crippen molar-refractivity contribution in [2.24, 2.45) is 0 Å². The molecule has 1 amide bonds. The van der Waals surface area contributed by atoms with Gasteiger partial charge in [0.1, 0.15) is 35.9 Å². The molecule has 14 nitrogen and oxygen atoms in total. The molecule has 1 aliphatic rings. The molecule has 3 aromatic rings. The number of hydrogen-bond acceptors (Lipinski definition) is 12. The Bertz CT molecular complexity index is 1320. The molecule has 3 heterocycles. The molecule has 6 N–H and O–H groups in total. The summed E-state index contributed by atoms with van der Waals surface area (Å²) < 4.78 is 38.1. The van der Waals surface area contributed by atoms with E-state index in [4.69, 9.17) is 14.7 Å². The summed E-state index contributed by atoms with van der Waals surface area (Å²) >= 11 is 3.10. The molecule has 16 heteroatoms. The van der Waals surface area contributed by atoms with E-state index in [1.54, 1.807) is 4.72 Å². The van der Waals surface area contributed by atoms with Crippen molar-refractivity contribution in [2.75, 3.05) is 12.3 Å². The topological polar surface area (TPSA) is 212 Å².